The molecule has 0 bridgehead atoms. The summed E-state index contributed by atoms with van der Waals surface area (Å²) in [5, 5.41) is 0. The van der Waals surface area contributed by atoms with Crippen molar-refractivity contribution in [3.63, 3.8) is 0 Å². The number of benzene rings is 2. The number of rotatable bonds is 1. The van der Waals surface area contributed by atoms with Crippen LogP contribution in [-0.4, -0.2) is 11.6 Å². The third-order valence-corrected chi connectivity index (χ3v) is 3.40. The SMILES string of the molecule is CC.CCc1ccc2c(c1)C(=O)c1ccccc1C2=O. The van der Waals surface area contributed by atoms with Gasteiger partial charge in [0, 0.05) is 22.3 Å². The van der Waals surface area contributed by atoms with E-state index in [2.05, 4.69) is 0 Å². The van der Waals surface area contributed by atoms with E-state index in [0.29, 0.717) is 22.3 Å². The van der Waals surface area contributed by atoms with Gasteiger partial charge in [0.05, 0.1) is 0 Å². The van der Waals surface area contributed by atoms with Crippen LogP contribution in [0.3, 0.4) is 0 Å². The Labute approximate surface area is 119 Å². The van der Waals surface area contributed by atoms with E-state index >= 15 is 0 Å². The molecule has 0 spiro atoms. The zero-order valence-corrected chi connectivity index (χ0v) is 12.1. The molecule has 0 saturated heterocycles. The Morgan fingerprint density at radius 1 is 0.750 bits per heavy atom. The highest BCUT2D eigenvalue weighted by Gasteiger charge is 2.28. The molecule has 3 rings (SSSR count). The van der Waals surface area contributed by atoms with Gasteiger partial charge in [-0.3, -0.25) is 9.59 Å². The topological polar surface area (TPSA) is 34.1 Å². The first-order valence-corrected chi connectivity index (χ1v) is 7.03. The average molecular weight is 266 g/mol. The molecule has 0 aliphatic heterocycles. The predicted octanol–water partition coefficient (Wildman–Crippen LogP) is 4.05. The third kappa shape index (κ3) is 2.18. The molecule has 0 amide bonds. The maximum Gasteiger partial charge on any atom is 0.194 e. The van der Waals surface area contributed by atoms with Crippen LogP contribution in [0.5, 0.6) is 0 Å². The van der Waals surface area contributed by atoms with Crippen LogP contribution in [0.1, 0.15) is 58.2 Å². The molecule has 1 aliphatic carbocycles. The first-order valence-electron chi connectivity index (χ1n) is 7.03. The van der Waals surface area contributed by atoms with Gasteiger partial charge in [-0.1, -0.05) is 57.2 Å². The molecule has 2 aromatic carbocycles. The molecule has 0 saturated carbocycles. The van der Waals surface area contributed by atoms with Gasteiger partial charge >= 0.3 is 0 Å². The second-order valence-electron chi connectivity index (χ2n) is 4.44. The lowest BCUT2D eigenvalue weighted by Gasteiger charge is -2.17. The highest BCUT2D eigenvalue weighted by Crippen LogP contribution is 2.27. The predicted molar refractivity (Wildman–Crippen MR) is 80.5 cm³/mol. The standard InChI is InChI=1S/C16H12O2.C2H6/c1-2-10-7-8-13-14(9-10)16(18)12-6-4-3-5-11(12)15(13)17;1-2/h3-9H,2H2,1H3;1-2H3. The van der Waals surface area contributed by atoms with Crippen molar-refractivity contribution >= 4 is 11.6 Å². The van der Waals surface area contributed by atoms with Gasteiger partial charge in [0.25, 0.3) is 0 Å². The van der Waals surface area contributed by atoms with Gasteiger partial charge in [0.15, 0.2) is 11.6 Å². The van der Waals surface area contributed by atoms with Gasteiger partial charge < -0.3 is 0 Å². The van der Waals surface area contributed by atoms with Crippen molar-refractivity contribution < 1.29 is 9.59 Å². The van der Waals surface area contributed by atoms with E-state index in [-0.39, 0.29) is 11.6 Å². The van der Waals surface area contributed by atoms with Crippen molar-refractivity contribution in [2.45, 2.75) is 27.2 Å². The molecule has 0 atom stereocenters. The Hall–Kier alpha value is -2.22. The van der Waals surface area contributed by atoms with Crippen molar-refractivity contribution in [3.05, 3.63) is 70.3 Å². The molecule has 102 valence electrons. The highest BCUT2D eigenvalue weighted by atomic mass is 16.1. The molecule has 0 fully saturated rings. The fourth-order valence-electron chi connectivity index (χ4n) is 2.37. The summed E-state index contributed by atoms with van der Waals surface area (Å²) >= 11 is 0. The van der Waals surface area contributed by atoms with Gasteiger partial charge in [0.1, 0.15) is 0 Å². The van der Waals surface area contributed by atoms with Gasteiger partial charge in [0.2, 0.25) is 0 Å². The molecule has 0 aromatic heterocycles. The van der Waals surface area contributed by atoms with Crippen LogP contribution in [0.4, 0.5) is 0 Å². The van der Waals surface area contributed by atoms with Crippen molar-refractivity contribution in [2.75, 3.05) is 0 Å². The van der Waals surface area contributed by atoms with Crippen molar-refractivity contribution in [1.82, 2.24) is 0 Å². The summed E-state index contributed by atoms with van der Waals surface area (Å²) in [6.45, 7) is 6.03. The lowest BCUT2D eigenvalue weighted by atomic mass is 9.83. The fraction of sp³-hybridized carbons (Fsp3) is 0.222. The molecule has 20 heavy (non-hydrogen) atoms. The Morgan fingerprint density at radius 3 is 1.80 bits per heavy atom. The van der Waals surface area contributed by atoms with Gasteiger partial charge in [-0.2, -0.15) is 0 Å². The minimum absolute atomic E-state index is 0.0458. The zero-order chi connectivity index (χ0) is 14.7. The summed E-state index contributed by atoms with van der Waals surface area (Å²) in [5.74, 6) is -0.0987. The molecular weight excluding hydrogens is 248 g/mol. The van der Waals surface area contributed by atoms with Crippen molar-refractivity contribution in [1.29, 1.82) is 0 Å². The monoisotopic (exact) mass is 266 g/mol. The van der Waals surface area contributed by atoms with Gasteiger partial charge in [-0.15, -0.1) is 0 Å². The lowest BCUT2D eigenvalue weighted by molar-refractivity contribution is 0.0979. The fourth-order valence-corrected chi connectivity index (χ4v) is 2.37. The Bertz CT molecular complexity index is 669. The van der Waals surface area contributed by atoms with Crippen LogP contribution >= 0.6 is 0 Å². The maximum atomic E-state index is 12.4. The first kappa shape index (κ1) is 14.2. The molecule has 2 heteroatoms. The second-order valence-corrected chi connectivity index (χ2v) is 4.44. The minimum Gasteiger partial charge on any atom is -0.289 e. The summed E-state index contributed by atoms with van der Waals surface area (Å²) in [7, 11) is 0. The summed E-state index contributed by atoms with van der Waals surface area (Å²) in [6.07, 6.45) is 0.858. The maximum absolute atomic E-state index is 12.4. The Morgan fingerprint density at radius 2 is 1.25 bits per heavy atom. The Balaban J connectivity index is 0.000000704. The lowest BCUT2D eigenvalue weighted by Crippen LogP contribution is -2.20. The summed E-state index contributed by atoms with van der Waals surface area (Å²) in [6, 6.07) is 12.5. The van der Waals surface area contributed by atoms with Crippen LogP contribution in [0, 0.1) is 0 Å². The molecule has 0 N–H and O–H groups in total. The minimum atomic E-state index is -0.0529. The molecule has 2 aromatic rings. The molecule has 0 unspecified atom stereocenters. The summed E-state index contributed by atoms with van der Waals surface area (Å²) < 4.78 is 0. The van der Waals surface area contributed by atoms with E-state index in [1.165, 1.54) is 0 Å². The van der Waals surface area contributed by atoms with E-state index in [9.17, 15) is 9.59 Å². The largest absolute Gasteiger partial charge is 0.289 e. The van der Waals surface area contributed by atoms with E-state index in [4.69, 9.17) is 0 Å². The van der Waals surface area contributed by atoms with Crippen molar-refractivity contribution in [2.24, 2.45) is 0 Å². The number of carbonyl (C=O) groups excluding carboxylic acids is 2. The number of hydrogen-bond donors (Lipinski definition) is 0. The quantitative estimate of drug-likeness (QED) is 0.666. The van der Waals surface area contributed by atoms with E-state index in [1.807, 2.05) is 32.9 Å². The number of aryl methyl sites for hydroxylation is 1. The van der Waals surface area contributed by atoms with Crippen LogP contribution in [0.25, 0.3) is 0 Å². The number of fused-ring (bicyclic) bond motifs is 2. The van der Waals surface area contributed by atoms with Crippen LogP contribution in [0.15, 0.2) is 42.5 Å². The van der Waals surface area contributed by atoms with E-state index < -0.39 is 0 Å². The van der Waals surface area contributed by atoms with Crippen molar-refractivity contribution in [3.8, 4) is 0 Å². The van der Waals surface area contributed by atoms with Gasteiger partial charge in [-0.25, -0.2) is 0 Å². The summed E-state index contributed by atoms with van der Waals surface area (Å²) in [5.41, 5.74) is 3.17. The molecular formula is C18H18O2. The number of ketones is 2. The third-order valence-electron chi connectivity index (χ3n) is 3.40. The van der Waals surface area contributed by atoms with Crippen LogP contribution in [-0.2, 0) is 6.42 Å². The average Bonchev–Trinajstić information content (AvgIpc) is 2.54. The summed E-state index contributed by atoms with van der Waals surface area (Å²) in [4.78, 5) is 24.7. The molecule has 0 radical (unpaired) electrons. The second kappa shape index (κ2) is 5.83. The van der Waals surface area contributed by atoms with E-state index in [1.54, 1.807) is 30.3 Å². The number of carbonyl (C=O) groups is 2. The molecule has 1 aliphatic rings. The highest BCUT2D eigenvalue weighted by molar-refractivity contribution is 6.28. The van der Waals surface area contributed by atoms with Crippen LogP contribution in [0.2, 0.25) is 0 Å². The number of hydrogen-bond acceptors (Lipinski definition) is 2. The zero-order valence-electron chi connectivity index (χ0n) is 12.1. The van der Waals surface area contributed by atoms with Crippen LogP contribution < -0.4 is 0 Å². The molecule has 2 nitrogen and oxygen atoms in total. The van der Waals surface area contributed by atoms with E-state index in [0.717, 1.165) is 12.0 Å². The normalized spacial score (nSPS) is 12.2. The smallest absolute Gasteiger partial charge is 0.194 e. The Kier molecular flexibility index (Phi) is 4.14. The van der Waals surface area contributed by atoms with Gasteiger partial charge in [-0.05, 0) is 18.1 Å². The first-order chi connectivity index (χ1) is 9.72. The molecule has 0 heterocycles.